The Kier molecular flexibility index (Phi) is 5.45. The highest BCUT2D eigenvalue weighted by Crippen LogP contribution is 2.30. The highest BCUT2D eigenvalue weighted by Gasteiger charge is 2.11. The van der Waals surface area contributed by atoms with Crippen molar-refractivity contribution < 1.29 is 19.4 Å². The van der Waals surface area contributed by atoms with Gasteiger partial charge in [-0.3, -0.25) is 10.8 Å². The molecule has 146 valence electrons. The lowest BCUT2D eigenvalue weighted by molar-refractivity contribution is 0.0696. The molecule has 3 aromatic rings. The minimum atomic E-state index is -1.13. The summed E-state index contributed by atoms with van der Waals surface area (Å²) < 4.78 is 11.5. The fourth-order valence-electron chi connectivity index (χ4n) is 2.49. The first kappa shape index (κ1) is 19.4. The highest BCUT2D eigenvalue weighted by molar-refractivity contribution is 5.95. The summed E-state index contributed by atoms with van der Waals surface area (Å²) in [6.07, 6.45) is 0. The molecule has 3 rings (SSSR count). The number of nitrogens with one attached hydrogen (secondary N) is 2. The monoisotopic (exact) mass is 390 g/mol. The van der Waals surface area contributed by atoms with Crippen LogP contribution in [0.5, 0.6) is 23.0 Å². The SMILES string of the molecule is N=C(N)c1ccc(Oc2cc(Oc3ccc(C(=N)N)cc3)cc(C(=O)O)c2)cc1. The van der Waals surface area contributed by atoms with Crippen molar-refractivity contribution in [3.05, 3.63) is 83.4 Å². The van der Waals surface area contributed by atoms with Crippen LogP contribution in [-0.2, 0) is 0 Å². The minimum Gasteiger partial charge on any atom is -0.478 e. The molecule has 3 aromatic carbocycles. The van der Waals surface area contributed by atoms with Crippen molar-refractivity contribution in [2.75, 3.05) is 0 Å². The molecule has 7 N–H and O–H groups in total. The van der Waals surface area contributed by atoms with Crippen LogP contribution < -0.4 is 20.9 Å². The van der Waals surface area contributed by atoms with Gasteiger partial charge in [-0.05, 0) is 60.7 Å². The van der Waals surface area contributed by atoms with E-state index >= 15 is 0 Å². The lowest BCUT2D eigenvalue weighted by Crippen LogP contribution is -2.10. The number of hydrogen-bond donors (Lipinski definition) is 5. The zero-order valence-corrected chi connectivity index (χ0v) is 15.2. The second kappa shape index (κ2) is 8.13. The summed E-state index contributed by atoms with van der Waals surface area (Å²) in [6, 6.07) is 17.4. The topological polar surface area (TPSA) is 156 Å². The van der Waals surface area contributed by atoms with Crippen molar-refractivity contribution in [3.8, 4) is 23.0 Å². The van der Waals surface area contributed by atoms with Crippen molar-refractivity contribution in [1.29, 1.82) is 10.8 Å². The van der Waals surface area contributed by atoms with Gasteiger partial charge in [-0.2, -0.15) is 0 Å². The number of hydrogen-bond acceptors (Lipinski definition) is 5. The molecule has 8 heteroatoms. The second-order valence-corrected chi connectivity index (χ2v) is 6.08. The summed E-state index contributed by atoms with van der Waals surface area (Å²) in [5, 5.41) is 24.2. The van der Waals surface area contributed by atoms with E-state index in [1.165, 1.54) is 12.1 Å². The van der Waals surface area contributed by atoms with Gasteiger partial charge < -0.3 is 26.0 Å². The molecule has 0 atom stereocenters. The van der Waals surface area contributed by atoms with Crippen molar-refractivity contribution >= 4 is 17.6 Å². The number of amidine groups is 2. The van der Waals surface area contributed by atoms with Gasteiger partial charge in [0.05, 0.1) is 5.56 Å². The van der Waals surface area contributed by atoms with Crippen LogP contribution in [0.15, 0.2) is 66.7 Å². The summed E-state index contributed by atoms with van der Waals surface area (Å²) in [6.45, 7) is 0. The third-order valence-corrected chi connectivity index (χ3v) is 3.93. The first-order valence-electron chi connectivity index (χ1n) is 8.45. The molecule has 29 heavy (non-hydrogen) atoms. The van der Waals surface area contributed by atoms with Gasteiger partial charge in [-0.1, -0.05) is 0 Å². The molecule has 0 saturated carbocycles. The molecule has 0 aliphatic rings. The van der Waals surface area contributed by atoms with Crippen molar-refractivity contribution in [1.82, 2.24) is 0 Å². The van der Waals surface area contributed by atoms with Crippen molar-refractivity contribution in [3.63, 3.8) is 0 Å². The Morgan fingerprint density at radius 1 is 0.655 bits per heavy atom. The predicted molar refractivity (Wildman–Crippen MR) is 108 cm³/mol. The zero-order chi connectivity index (χ0) is 21.0. The van der Waals surface area contributed by atoms with Gasteiger partial charge in [0.2, 0.25) is 0 Å². The van der Waals surface area contributed by atoms with Crippen molar-refractivity contribution in [2.45, 2.75) is 0 Å². The van der Waals surface area contributed by atoms with Crippen molar-refractivity contribution in [2.24, 2.45) is 11.5 Å². The predicted octanol–water partition coefficient (Wildman–Crippen LogP) is 3.54. The highest BCUT2D eigenvalue weighted by atomic mass is 16.5. The van der Waals surface area contributed by atoms with Gasteiger partial charge in [0.15, 0.2) is 0 Å². The quantitative estimate of drug-likeness (QED) is 0.307. The molecule has 0 heterocycles. The first-order chi connectivity index (χ1) is 13.8. The number of carbonyl (C=O) groups is 1. The largest absolute Gasteiger partial charge is 0.478 e. The average Bonchev–Trinajstić information content (AvgIpc) is 2.68. The van der Waals surface area contributed by atoms with E-state index in [0.29, 0.717) is 22.6 Å². The van der Waals surface area contributed by atoms with E-state index in [1.807, 2.05) is 0 Å². The number of carboxylic acids is 1. The number of nitrogens with two attached hydrogens (primary N) is 2. The maximum atomic E-state index is 11.5. The molecular formula is C21H18N4O4. The molecule has 0 aliphatic heterocycles. The number of aromatic carboxylic acids is 1. The summed E-state index contributed by atoms with van der Waals surface area (Å²) >= 11 is 0. The van der Waals surface area contributed by atoms with E-state index in [4.69, 9.17) is 31.8 Å². The van der Waals surface area contributed by atoms with Crippen LogP contribution in [0, 0.1) is 10.8 Å². The van der Waals surface area contributed by atoms with Gasteiger partial charge in [0.1, 0.15) is 34.7 Å². The molecule has 0 bridgehead atoms. The third-order valence-electron chi connectivity index (χ3n) is 3.93. The zero-order valence-electron chi connectivity index (χ0n) is 15.2. The Hall–Kier alpha value is -4.33. The van der Waals surface area contributed by atoms with Crippen LogP contribution >= 0.6 is 0 Å². The molecule has 0 spiro atoms. The molecule has 0 saturated heterocycles. The van der Waals surface area contributed by atoms with E-state index in [1.54, 1.807) is 54.6 Å². The summed E-state index contributed by atoms with van der Waals surface area (Å²) in [4.78, 5) is 11.5. The Labute approximate surface area is 166 Å². The normalized spacial score (nSPS) is 10.2. The summed E-state index contributed by atoms with van der Waals surface area (Å²) in [7, 11) is 0. The maximum absolute atomic E-state index is 11.5. The second-order valence-electron chi connectivity index (χ2n) is 6.08. The van der Waals surface area contributed by atoms with Crippen LogP contribution in [0.1, 0.15) is 21.5 Å². The fraction of sp³-hybridized carbons (Fsp3) is 0. The maximum Gasteiger partial charge on any atom is 0.335 e. The Bertz CT molecular complexity index is 999. The average molecular weight is 390 g/mol. The van der Waals surface area contributed by atoms with Gasteiger partial charge in [0.25, 0.3) is 0 Å². The lowest BCUT2D eigenvalue weighted by atomic mass is 10.2. The number of carboxylic acid groups (broad SMARTS) is 1. The Morgan fingerprint density at radius 2 is 1.03 bits per heavy atom. The van der Waals surface area contributed by atoms with Gasteiger partial charge in [0, 0.05) is 17.2 Å². The van der Waals surface area contributed by atoms with E-state index in [0.717, 1.165) is 0 Å². The summed E-state index contributed by atoms with van der Waals surface area (Å²) in [5.41, 5.74) is 12.0. The van der Waals surface area contributed by atoms with Crippen LogP contribution in [0.3, 0.4) is 0 Å². The summed E-state index contributed by atoms with van der Waals surface area (Å²) in [5.74, 6) is 0.209. The molecule has 0 unspecified atom stereocenters. The smallest absolute Gasteiger partial charge is 0.335 e. The van der Waals surface area contributed by atoms with Gasteiger partial charge in [-0.15, -0.1) is 0 Å². The van der Waals surface area contributed by atoms with E-state index in [2.05, 4.69) is 0 Å². The molecule has 0 radical (unpaired) electrons. The molecule has 0 amide bonds. The van der Waals surface area contributed by atoms with Crippen LogP contribution in [0.4, 0.5) is 0 Å². The molecule has 0 aliphatic carbocycles. The third kappa shape index (κ3) is 4.89. The number of benzene rings is 3. The first-order valence-corrected chi connectivity index (χ1v) is 8.45. The number of rotatable bonds is 7. The van der Waals surface area contributed by atoms with Gasteiger partial charge >= 0.3 is 5.97 Å². The fourth-order valence-corrected chi connectivity index (χ4v) is 2.49. The van der Waals surface area contributed by atoms with E-state index < -0.39 is 5.97 Å². The Morgan fingerprint density at radius 3 is 1.34 bits per heavy atom. The Balaban J connectivity index is 1.86. The van der Waals surface area contributed by atoms with Crippen LogP contribution in [-0.4, -0.2) is 22.7 Å². The van der Waals surface area contributed by atoms with E-state index in [-0.39, 0.29) is 28.7 Å². The molecular weight excluding hydrogens is 372 g/mol. The van der Waals surface area contributed by atoms with E-state index in [9.17, 15) is 9.90 Å². The molecule has 0 aromatic heterocycles. The van der Waals surface area contributed by atoms with Crippen LogP contribution in [0.25, 0.3) is 0 Å². The molecule has 0 fully saturated rings. The number of nitrogen functional groups attached to an aromatic ring is 2. The molecule has 8 nitrogen and oxygen atoms in total. The minimum absolute atomic E-state index is 0.00166. The standard InChI is InChI=1S/C21H18N4O4/c22-19(23)12-1-5-15(6-2-12)28-17-9-14(21(26)27)10-18(11-17)29-16-7-3-13(4-8-16)20(24)25/h1-11H,(H3,22,23)(H3,24,25)(H,26,27). The number of ether oxygens (including phenoxy) is 2. The lowest BCUT2D eigenvalue weighted by Gasteiger charge is -2.11. The van der Waals surface area contributed by atoms with Gasteiger partial charge in [-0.25, -0.2) is 4.79 Å². The van der Waals surface area contributed by atoms with Crippen LogP contribution in [0.2, 0.25) is 0 Å².